The predicted molar refractivity (Wildman–Crippen MR) is 60.1 cm³/mol. The zero-order chi connectivity index (χ0) is 10.9. The maximum Gasteiger partial charge on any atom is 0.215 e. The third-order valence-corrected chi connectivity index (χ3v) is 5.35. The van der Waals surface area contributed by atoms with Crippen molar-refractivity contribution in [2.24, 2.45) is 5.92 Å². The molecule has 88 valence electrons. The van der Waals surface area contributed by atoms with E-state index in [1.54, 1.807) is 0 Å². The fraction of sp³-hybridized carbons (Fsp3) is 1.00. The van der Waals surface area contributed by atoms with Gasteiger partial charge in [0.15, 0.2) is 0 Å². The second-order valence-corrected chi connectivity index (χ2v) is 6.75. The van der Waals surface area contributed by atoms with Gasteiger partial charge in [0.2, 0.25) is 10.0 Å². The standard InChI is InChI=1S/C10H20N2O2S/c1-8(9-4-5-9)12-15(13,14)10-3-2-6-11-7-10/h8-12H,2-7H2,1H3. The number of nitrogens with one attached hydrogen (secondary N) is 2. The molecule has 2 aliphatic rings. The van der Waals surface area contributed by atoms with Crippen LogP contribution in [0, 0.1) is 5.92 Å². The van der Waals surface area contributed by atoms with Crippen molar-refractivity contribution in [2.45, 2.75) is 43.9 Å². The van der Waals surface area contributed by atoms with E-state index < -0.39 is 10.0 Å². The van der Waals surface area contributed by atoms with Crippen LogP contribution in [0.15, 0.2) is 0 Å². The fourth-order valence-electron chi connectivity index (χ4n) is 2.13. The van der Waals surface area contributed by atoms with Crippen molar-refractivity contribution in [3.05, 3.63) is 0 Å². The Bertz CT molecular complexity index is 305. The summed E-state index contributed by atoms with van der Waals surface area (Å²) in [4.78, 5) is 0. The molecule has 0 bridgehead atoms. The van der Waals surface area contributed by atoms with Crippen LogP contribution in [0.25, 0.3) is 0 Å². The van der Waals surface area contributed by atoms with Crippen LogP contribution in [-0.4, -0.2) is 32.8 Å². The van der Waals surface area contributed by atoms with Gasteiger partial charge in [-0.15, -0.1) is 0 Å². The average molecular weight is 232 g/mol. The Balaban J connectivity index is 1.92. The minimum atomic E-state index is -3.10. The molecule has 0 amide bonds. The minimum Gasteiger partial charge on any atom is -0.315 e. The summed E-state index contributed by atoms with van der Waals surface area (Å²) >= 11 is 0. The van der Waals surface area contributed by atoms with Gasteiger partial charge in [0.05, 0.1) is 5.25 Å². The van der Waals surface area contributed by atoms with Crippen LogP contribution >= 0.6 is 0 Å². The van der Waals surface area contributed by atoms with E-state index in [-0.39, 0.29) is 11.3 Å². The van der Waals surface area contributed by atoms with Crippen molar-refractivity contribution in [1.29, 1.82) is 0 Å². The van der Waals surface area contributed by atoms with Gasteiger partial charge in [-0.1, -0.05) is 0 Å². The molecular formula is C10H20N2O2S. The maximum atomic E-state index is 12.0. The molecule has 1 aliphatic carbocycles. The first-order valence-corrected chi connectivity index (χ1v) is 7.36. The Hall–Kier alpha value is -0.130. The van der Waals surface area contributed by atoms with E-state index in [0.29, 0.717) is 12.5 Å². The summed E-state index contributed by atoms with van der Waals surface area (Å²) in [5.74, 6) is 0.580. The third-order valence-electron chi connectivity index (χ3n) is 3.37. The van der Waals surface area contributed by atoms with Gasteiger partial charge in [-0.3, -0.25) is 0 Å². The zero-order valence-corrected chi connectivity index (χ0v) is 10.0. The van der Waals surface area contributed by atoms with Gasteiger partial charge >= 0.3 is 0 Å². The first-order valence-electron chi connectivity index (χ1n) is 5.81. The van der Waals surface area contributed by atoms with Crippen LogP contribution in [0.5, 0.6) is 0 Å². The Labute approximate surface area is 91.9 Å². The molecule has 2 fully saturated rings. The normalized spacial score (nSPS) is 30.1. The monoisotopic (exact) mass is 232 g/mol. The number of rotatable bonds is 4. The molecule has 0 aromatic rings. The van der Waals surface area contributed by atoms with Crippen LogP contribution < -0.4 is 10.0 Å². The lowest BCUT2D eigenvalue weighted by molar-refractivity contribution is 0.477. The highest BCUT2D eigenvalue weighted by Gasteiger charge is 2.34. The van der Waals surface area contributed by atoms with E-state index in [1.807, 2.05) is 6.92 Å². The van der Waals surface area contributed by atoms with E-state index >= 15 is 0 Å². The molecule has 0 aromatic heterocycles. The molecule has 0 aromatic carbocycles. The topological polar surface area (TPSA) is 58.2 Å². The lowest BCUT2D eigenvalue weighted by Crippen LogP contribution is -2.47. The quantitative estimate of drug-likeness (QED) is 0.740. The second-order valence-electron chi connectivity index (χ2n) is 4.76. The number of sulfonamides is 1. The summed E-state index contributed by atoms with van der Waals surface area (Å²) in [7, 11) is -3.10. The van der Waals surface area contributed by atoms with Crippen molar-refractivity contribution in [3.63, 3.8) is 0 Å². The molecule has 2 N–H and O–H groups in total. The summed E-state index contributed by atoms with van der Waals surface area (Å²) in [6.45, 7) is 3.53. The van der Waals surface area contributed by atoms with Crippen LogP contribution in [0.3, 0.4) is 0 Å². The molecule has 5 heteroatoms. The van der Waals surface area contributed by atoms with Crippen molar-refractivity contribution in [2.75, 3.05) is 13.1 Å². The highest BCUT2D eigenvalue weighted by atomic mass is 32.2. The van der Waals surface area contributed by atoms with Crippen LogP contribution in [-0.2, 0) is 10.0 Å². The molecule has 1 saturated carbocycles. The Morgan fingerprint density at radius 1 is 1.33 bits per heavy atom. The second kappa shape index (κ2) is 4.39. The van der Waals surface area contributed by atoms with Crippen molar-refractivity contribution >= 4 is 10.0 Å². The fourth-order valence-corrected chi connectivity index (χ4v) is 3.85. The molecular weight excluding hydrogens is 212 g/mol. The zero-order valence-electron chi connectivity index (χ0n) is 9.20. The first-order chi connectivity index (χ1) is 7.09. The molecule has 0 spiro atoms. The first kappa shape index (κ1) is 11.4. The number of piperidine rings is 1. The number of hydrogen-bond acceptors (Lipinski definition) is 3. The molecule has 4 nitrogen and oxygen atoms in total. The summed E-state index contributed by atoms with van der Waals surface area (Å²) in [6.07, 6.45) is 4.10. The molecule has 2 atom stereocenters. The van der Waals surface area contributed by atoms with Gasteiger partial charge in [-0.2, -0.15) is 0 Å². The Morgan fingerprint density at radius 2 is 2.07 bits per heavy atom. The molecule has 2 rings (SSSR count). The molecule has 1 aliphatic heterocycles. The van der Waals surface area contributed by atoms with Crippen LogP contribution in [0.4, 0.5) is 0 Å². The maximum absolute atomic E-state index is 12.0. The molecule has 1 saturated heterocycles. The molecule has 0 radical (unpaired) electrons. The van der Waals surface area contributed by atoms with Crippen molar-refractivity contribution in [3.8, 4) is 0 Å². The highest BCUT2D eigenvalue weighted by Crippen LogP contribution is 2.32. The average Bonchev–Trinajstić information content (AvgIpc) is 3.01. The van der Waals surface area contributed by atoms with Gasteiger partial charge in [0.1, 0.15) is 0 Å². The van der Waals surface area contributed by atoms with Crippen LogP contribution in [0.2, 0.25) is 0 Å². The highest BCUT2D eigenvalue weighted by molar-refractivity contribution is 7.90. The van der Waals surface area contributed by atoms with Crippen molar-refractivity contribution in [1.82, 2.24) is 10.0 Å². The predicted octanol–water partition coefficient (Wildman–Crippen LogP) is 0.456. The van der Waals surface area contributed by atoms with Crippen LogP contribution in [0.1, 0.15) is 32.6 Å². The summed E-state index contributed by atoms with van der Waals surface area (Å²) in [5, 5.41) is 2.91. The largest absolute Gasteiger partial charge is 0.315 e. The molecule has 15 heavy (non-hydrogen) atoms. The molecule has 2 unspecified atom stereocenters. The Morgan fingerprint density at radius 3 is 2.60 bits per heavy atom. The summed E-state index contributed by atoms with van der Waals surface area (Å²) in [6, 6.07) is 0.122. The van der Waals surface area contributed by atoms with E-state index in [0.717, 1.165) is 19.4 Å². The van der Waals surface area contributed by atoms with E-state index in [2.05, 4.69) is 10.0 Å². The van der Waals surface area contributed by atoms with Gasteiger partial charge in [0.25, 0.3) is 0 Å². The summed E-state index contributed by atoms with van der Waals surface area (Å²) in [5.41, 5.74) is 0. The summed E-state index contributed by atoms with van der Waals surface area (Å²) < 4.78 is 26.8. The van der Waals surface area contributed by atoms with Gasteiger partial charge < -0.3 is 5.32 Å². The van der Waals surface area contributed by atoms with E-state index in [1.165, 1.54) is 12.8 Å². The minimum absolute atomic E-state index is 0.122. The van der Waals surface area contributed by atoms with Gasteiger partial charge in [-0.25, -0.2) is 13.1 Å². The smallest absolute Gasteiger partial charge is 0.215 e. The van der Waals surface area contributed by atoms with Crippen molar-refractivity contribution < 1.29 is 8.42 Å². The third kappa shape index (κ3) is 2.92. The molecule has 1 heterocycles. The van der Waals surface area contributed by atoms with Gasteiger partial charge in [-0.05, 0) is 45.1 Å². The lowest BCUT2D eigenvalue weighted by Gasteiger charge is -2.24. The SMILES string of the molecule is CC(NS(=O)(=O)C1CCCNC1)C1CC1. The number of hydrogen-bond donors (Lipinski definition) is 2. The van der Waals surface area contributed by atoms with E-state index in [4.69, 9.17) is 0 Å². The Kier molecular flexibility index (Phi) is 3.33. The lowest BCUT2D eigenvalue weighted by atomic mass is 10.2. The van der Waals surface area contributed by atoms with Gasteiger partial charge in [0, 0.05) is 12.6 Å². The van der Waals surface area contributed by atoms with E-state index in [9.17, 15) is 8.42 Å².